The summed E-state index contributed by atoms with van der Waals surface area (Å²) < 4.78 is 6.86. The standard InChI is InChI=1S/C16H21ClN6O2.ClH/c1-3-25-15-12(17)8-11(9-19-15)14(24)21-16-20-13(22-23(16)2)10-4-6-18-7-5-10;/h8-10,18H,3-7H2,1-2H3,(H,20,21,22,24);1H. The van der Waals surface area contributed by atoms with Gasteiger partial charge in [0.2, 0.25) is 11.8 Å². The Balaban J connectivity index is 0.00000243. The van der Waals surface area contributed by atoms with E-state index in [1.54, 1.807) is 11.7 Å². The quantitative estimate of drug-likeness (QED) is 0.799. The van der Waals surface area contributed by atoms with Crippen LogP contribution < -0.4 is 15.4 Å². The van der Waals surface area contributed by atoms with Gasteiger partial charge in [-0.05, 0) is 38.9 Å². The van der Waals surface area contributed by atoms with Gasteiger partial charge in [-0.2, -0.15) is 10.1 Å². The van der Waals surface area contributed by atoms with Crippen molar-refractivity contribution in [2.75, 3.05) is 25.0 Å². The van der Waals surface area contributed by atoms with E-state index < -0.39 is 0 Å². The molecule has 0 saturated carbocycles. The van der Waals surface area contributed by atoms with Gasteiger partial charge in [0.25, 0.3) is 5.91 Å². The highest BCUT2D eigenvalue weighted by molar-refractivity contribution is 6.32. The lowest BCUT2D eigenvalue weighted by Gasteiger charge is -2.19. The first-order valence-electron chi connectivity index (χ1n) is 8.29. The number of ether oxygens (including phenoxy) is 1. The number of nitrogens with zero attached hydrogens (tertiary/aromatic N) is 4. The van der Waals surface area contributed by atoms with Crippen LogP contribution in [0.3, 0.4) is 0 Å². The van der Waals surface area contributed by atoms with Gasteiger partial charge < -0.3 is 10.1 Å². The minimum Gasteiger partial charge on any atom is -0.477 e. The molecule has 0 radical (unpaired) electrons. The van der Waals surface area contributed by atoms with Crippen molar-refractivity contribution in [2.45, 2.75) is 25.7 Å². The second-order valence-electron chi connectivity index (χ2n) is 5.84. The molecular weight excluding hydrogens is 379 g/mol. The third-order valence-corrected chi connectivity index (χ3v) is 4.33. The predicted octanol–water partition coefficient (Wildman–Crippen LogP) is 2.40. The fourth-order valence-electron chi connectivity index (χ4n) is 2.73. The molecule has 1 aliphatic heterocycles. The molecule has 142 valence electrons. The molecule has 10 heteroatoms. The van der Waals surface area contributed by atoms with Crippen LogP contribution in [0.25, 0.3) is 0 Å². The minimum atomic E-state index is -0.343. The van der Waals surface area contributed by atoms with E-state index in [0.29, 0.717) is 34.9 Å². The Kier molecular flexibility index (Phi) is 7.19. The lowest BCUT2D eigenvalue weighted by molar-refractivity contribution is 0.102. The average molecular weight is 401 g/mol. The molecule has 0 spiro atoms. The molecule has 2 aromatic rings. The Morgan fingerprint density at radius 2 is 2.19 bits per heavy atom. The maximum atomic E-state index is 12.4. The molecule has 1 amide bonds. The van der Waals surface area contributed by atoms with Crippen molar-refractivity contribution in [3.05, 3.63) is 28.7 Å². The molecule has 0 unspecified atom stereocenters. The van der Waals surface area contributed by atoms with Crippen LogP contribution >= 0.6 is 24.0 Å². The largest absolute Gasteiger partial charge is 0.477 e. The number of hydrogen-bond donors (Lipinski definition) is 2. The summed E-state index contributed by atoms with van der Waals surface area (Å²) in [6, 6.07) is 1.53. The van der Waals surface area contributed by atoms with Gasteiger partial charge in [-0.15, -0.1) is 12.4 Å². The van der Waals surface area contributed by atoms with E-state index in [9.17, 15) is 4.79 Å². The van der Waals surface area contributed by atoms with Crippen LogP contribution in [-0.2, 0) is 7.05 Å². The number of amides is 1. The van der Waals surface area contributed by atoms with Crippen molar-refractivity contribution in [1.29, 1.82) is 0 Å². The third kappa shape index (κ3) is 4.63. The van der Waals surface area contributed by atoms with E-state index in [-0.39, 0.29) is 18.3 Å². The van der Waals surface area contributed by atoms with Crippen LogP contribution in [0, 0.1) is 0 Å². The first kappa shape index (κ1) is 20.4. The van der Waals surface area contributed by atoms with Gasteiger partial charge in [0.1, 0.15) is 5.02 Å². The monoisotopic (exact) mass is 400 g/mol. The Hall–Kier alpha value is -1.90. The van der Waals surface area contributed by atoms with Gasteiger partial charge in [0.05, 0.1) is 12.2 Å². The number of hydrogen-bond acceptors (Lipinski definition) is 6. The van der Waals surface area contributed by atoms with Crippen LogP contribution in [0.1, 0.15) is 41.9 Å². The Labute approximate surface area is 163 Å². The first-order valence-corrected chi connectivity index (χ1v) is 8.67. The second kappa shape index (κ2) is 9.16. The summed E-state index contributed by atoms with van der Waals surface area (Å²) in [7, 11) is 1.76. The molecule has 1 fully saturated rings. The van der Waals surface area contributed by atoms with Crippen LogP contribution in [0.2, 0.25) is 5.02 Å². The molecule has 0 aliphatic carbocycles. The summed E-state index contributed by atoms with van der Waals surface area (Å²) in [4.78, 5) is 21.0. The predicted molar refractivity (Wildman–Crippen MR) is 101 cm³/mol. The van der Waals surface area contributed by atoms with E-state index >= 15 is 0 Å². The molecule has 26 heavy (non-hydrogen) atoms. The van der Waals surface area contributed by atoms with E-state index in [0.717, 1.165) is 31.8 Å². The van der Waals surface area contributed by atoms with E-state index in [1.165, 1.54) is 12.3 Å². The maximum Gasteiger partial charge on any atom is 0.259 e. The topological polar surface area (TPSA) is 94.0 Å². The molecule has 1 saturated heterocycles. The Morgan fingerprint density at radius 3 is 2.85 bits per heavy atom. The highest BCUT2D eigenvalue weighted by Crippen LogP contribution is 2.24. The number of nitrogens with one attached hydrogen (secondary N) is 2. The zero-order chi connectivity index (χ0) is 17.8. The molecule has 2 N–H and O–H groups in total. The zero-order valence-corrected chi connectivity index (χ0v) is 16.2. The normalized spacial score (nSPS) is 14.6. The van der Waals surface area contributed by atoms with Crippen molar-refractivity contribution in [3.63, 3.8) is 0 Å². The number of aromatic nitrogens is 4. The number of pyridine rings is 1. The summed E-state index contributed by atoms with van der Waals surface area (Å²) in [6.45, 7) is 4.21. The van der Waals surface area contributed by atoms with Gasteiger partial charge in [0.15, 0.2) is 5.82 Å². The Bertz CT molecular complexity index is 761. The number of halogens is 2. The van der Waals surface area contributed by atoms with E-state index in [2.05, 4.69) is 25.7 Å². The molecule has 3 heterocycles. The number of rotatable bonds is 5. The number of piperidine rings is 1. The molecular formula is C16H22Cl2N6O2. The van der Waals surface area contributed by atoms with Crippen molar-refractivity contribution in [1.82, 2.24) is 25.1 Å². The van der Waals surface area contributed by atoms with Crippen LogP contribution in [-0.4, -0.2) is 45.4 Å². The fraction of sp³-hybridized carbons (Fsp3) is 0.500. The maximum absolute atomic E-state index is 12.4. The van der Waals surface area contributed by atoms with Crippen molar-refractivity contribution >= 4 is 35.9 Å². The van der Waals surface area contributed by atoms with Crippen LogP contribution in [0.5, 0.6) is 5.88 Å². The van der Waals surface area contributed by atoms with Gasteiger partial charge in [0, 0.05) is 19.2 Å². The molecule has 0 aromatic carbocycles. The van der Waals surface area contributed by atoms with Gasteiger partial charge in [-0.1, -0.05) is 11.6 Å². The lowest BCUT2D eigenvalue weighted by atomic mass is 9.98. The minimum absolute atomic E-state index is 0. The summed E-state index contributed by atoms with van der Waals surface area (Å²) in [5, 5.41) is 10.8. The van der Waals surface area contributed by atoms with Crippen LogP contribution in [0.4, 0.5) is 5.95 Å². The number of aryl methyl sites for hydroxylation is 1. The molecule has 0 atom stereocenters. The van der Waals surface area contributed by atoms with Gasteiger partial charge >= 0.3 is 0 Å². The number of anilines is 1. The fourth-order valence-corrected chi connectivity index (χ4v) is 2.95. The number of carbonyl (C=O) groups excluding carboxylic acids is 1. The second-order valence-corrected chi connectivity index (χ2v) is 6.25. The smallest absolute Gasteiger partial charge is 0.259 e. The summed E-state index contributed by atoms with van der Waals surface area (Å²) in [6.07, 6.45) is 3.42. The Morgan fingerprint density at radius 1 is 1.46 bits per heavy atom. The van der Waals surface area contributed by atoms with Gasteiger partial charge in [-0.3, -0.25) is 10.1 Å². The van der Waals surface area contributed by atoms with E-state index in [1.807, 2.05) is 6.92 Å². The molecule has 2 aromatic heterocycles. The van der Waals surface area contributed by atoms with Gasteiger partial charge in [-0.25, -0.2) is 9.67 Å². The zero-order valence-electron chi connectivity index (χ0n) is 14.7. The highest BCUT2D eigenvalue weighted by Gasteiger charge is 2.21. The van der Waals surface area contributed by atoms with Crippen molar-refractivity contribution in [2.24, 2.45) is 7.05 Å². The molecule has 3 rings (SSSR count). The summed E-state index contributed by atoms with van der Waals surface area (Å²) in [5.74, 6) is 1.46. The highest BCUT2D eigenvalue weighted by atomic mass is 35.5. The van der Waals surface area contributed by atoms with Crippen molar-refractivity contribution < 1.29 is 9.53 Å². The third-order valence-electron chi connectivity index (χ3n) is 4.06. The summed E-state index contributed by atoms with van der Waals surface area (Å²) in [5.41, 5.74) is 0.333. The van der Waals surface area contributed by atoms with Crippen LogP contribution in [0.15, 0.2) is 12.3 Å². The SMILES string of the molecule is CCOc1ncc(C(=O)Nc2nc(C3CCNCC3)nn2C)cc1Cl.Cl. The average Bonchev–Trinajstić information content (AvgIpc) is 2.98. The lowest BCUT2D eigenvalue weighted by Crippen LogP contribution is -2.27. The first-order chi connectivity index (χ1) is 12.1. The molecule has 1 aliphatic rings. The van der Waals surface area contributed by atoms with E-state index in [4.69, 9.17) is 16.3 Å². The number of carbonyl (C=O) groups is 1. The van der Waals surface area contributed by atoms with Crippen molar-refractivity contribution in [3.8, 4) is 5.88 Å². The molecule has 8 nitrogen and oxygen atoms in total. The molecule has 0 bridgehead atoms. The summed E-state index contributed by atoms with van der Waals surface area (Å²) >= 11 is 6.09.